The average molecular weight is 384 g/mol. The molecule has 1 fully saturated rings. The van der Waals surface area contributed by atoms with Gasteiger partial charge in [-0.05, 0) is 47.6 Å². The highest BCUT2D eigenvalue weighted by Crippen LogP contribution is 2.46. The third kappa shape index (κ3) is 3.17. The molecule has 2 aromatic carbocycles. The minimum Gasteiger partial charge on any atom is -0.388 e. The molecule has 0 saturated carbocycles. The summed E-state index contributed by atoms with van der Waals surface area (Å²) < 4.78 is 11.8. The number of fused-ring (bicyclic) bond motifs is 2. The third-order valence-corrected chi connectivity index (χ3v) is 5.95. The van der Waals surface area contributed by atoms with Crippen LogP contribution in [0.2, 0.25) is 0 Å². The van der Waals surface area contributed by atoms with Gasteiger partial charge in [0.05, 0.1) is 12.7 Å². The molecule has 5 nitrogen and oxygen atoms in total. The van der Waals surface area contributed by atoms with E-state index in [2.05, 4.69) is 44.2 Å². The van der Waals surface area contributed by atoms with Crippen LogP contribution in [0.25, 0.3) is 0 Å². The lowest BCUT2D eigenvalue weighted by atomic mass is 9.86. The maximum atomic E-state index is 10.7. The minimum atomic E-state index is -1.44. The van der Waals surface area contributed by atoms with Crippen molar-refractivity contribution in [2.45, 2.75) is 69.9 Å². The van der Waals surface area contributed by atoms with E-state index >= 15 is 0 Å². The topological polar surface area (TPSA) is 79.2 Å². The molecule has 4 rings (SSSR count). The summed E-state index contributed by atoms with van der Waals surface area (Å²) in [4.78, 5) is 0. The number of ether oxygens (including phenoxy) is 2. The maximum Gasteiger partial charge on any atom is 0.225 e. The van der Waals surface area contributed by atoms with Crippen LogP contribution in [-0.4, -0.2) is 39.7 Å². The normalized spacial score (nSPS) is 32.1. The molecule has 0 aliphatic carbocycles. The second kappa shape index (κ2) is 7.25. The molecule has 2 aliphatic heterocycles. The first-order valence-corrected chi connectivity index (χ1v) is 9.89. The summed E-state index contributed by atoms with van der Waals surface area (Å²) in [6.07, 6.45) is -3.76. The van der Waals surface area contributed by atoms with Gasteiger partial charge >= 0.3 is 0 Å². The molecule has 1 spiro atoms. The zero-order valence-corrected chi connectivity index (χ0v) is 16.5. The lowest BCUT2D eigenvalue weighted by Gasteiger charge is -2.45. The van der Waals surface area contributed by atoms with E-state index < -0.39 is 30.2 Å². The molecule has 2 aliphatic rings. The molecule has 5 heteroatoms. The molecular formula is C23H28O5. The molecule has 0 aromatic heterocycles. The van der Waals surface area contributed by atoms with Gasteiger partial charge in [-0.2, -0.15) is 0 Å². The second-order valence-corrected chi connectivity index (χ2v) is 8.27. The SMILES string of the molecule is CC(C)c1ccc(Cc2ccc3c(c2)[C@]2(OC3)O[C@H](C)[C@@H](O)[C@H](O)[C@H]2O)cc1. The molecule has 0 radical (unpaired) electrons. The van der Waals surface area contributed by atoms with Gasteiger partial charge in [0.2, 0.25) is 5.79 Å². The van der Waals surface area contributed by atoms with Crippen molar-refractivity contribution in [1.29, 1.82) is 0 Å². The van der Waals surface area contributed by atoms with E-state index in [1.807, 2.05) is 12.1 Å². The molecule has 150 valence electrons. The van der Waals surface area contributed by atoms with Crippen LogP contribution < -0.4 is 0 Å². The Morgan fingerprint density at radius 2 is 1.68 bits per heavy atom. The number of hydrogen-bond acceptors (Lipinski definition) is 5. The van der Waals surface area contributed by atoms with Gasteiger partial charge < -0.3 is 24.8 Å². The zero-order chi connectivity index (χ0) is 20.1. The molecular weight excluding hydrogens is 356 g/mol. The van der Waals surface area contributed by atoms with Crippen molar-refractivity contribution in [2.24, 2.45) is 0 Å². The zero-order valence-electron chi connectivity index (χ0n) is 16.5. The Morgan fingerprint density at radius 1 is 1.00 bits per heavy atom. The fraction of sp³-hybridized carbons (Fsp3) is 0.478. The molecule has 0 amide bonds. The summed E-state index contributed by atoms with van der Waals surface area (Å²) in [6.45, 7) is 6.32. The summed E-state index contributed by atoms with van der Waals surface area (Å²) in [5.74, 6) is -0.940. The van der Waals surface area contributed by atoms with Crippen molar-refractivity contribution in [3.05, 3.63) is 70.3 Å². The Bertz CT molecular complexity index is 847. The van der Waals surface area contributed by atoms with Gasteiger partial charge in [0.25, 0.3) is 0 Å². The van der Waals surface area contributed by atoms with Crippen LogP contribution in [0.4, 0.5) is 0 Å². The first-order valence-electron chi connectivity index (χ1n) is 9.89. The van der Waals surface area contributed by atoms with E-state index in [9.17, 15) is 15.3 Å². The van der Waals surface area contributed by atoms with Crippen molar-refractivity contribution in [2.75, 3.05) is 0 Å². The van der Waals surface area contributed by atoms with Crippen LogP contribution in [0.15, 0.2) is 42.5 Å². The number of rotatable bonds is 3. The van der Waals surface area contributed by atoms with Gasteiger partial charge in [-0.3, -0.25) is 0 Å². The van der Waals surface area contributed by atoms with E-state index in [1.165, 1.54) is 11.1 Å². The van der Waals surface area contributed by atoms with Crippen LogP contribution >= 0.6 is 0 Å². The van der Waals surface area contributed by atoms with E-state index in [1.54, 1.807) is 6.92 Å². The molecule has 3 N–H and O–H groups in total. The second-order valence-electron chi connectivity index (χ2n) is 8.27. The highest BCUT2D eigenvalue weighted by Gasteiger charge is 2.57. The number of aliphatic hydroxyl groups excluding tert-OH is 3. The highest BCUT2D eigenvalue weighted by molar-refractivity contribution is 5.41. The summed E-state index contributed by atoms with van der Waals surface area (Å²) in [7, 11) is 0. The Morgan fingerprint density at radius 3 is 2.36 bits per heavy atom. The fourth-order valence-corrected chi connectivity index (χ4v) is 4.15. The number of benzene rings is 2. The maximum absolute atomic E-state index is 10.7. The van der Waals surface area contributed by atoms with Gasteiger partial charge in [0.15, 0.2) is 0 Å². The molecule has 1 saturated heterocycles. The Labute approximate surface area is 165 Å². The van der Waals surface area contributed by atoms with Crippen molar-refractivity contribution in [3.8, 4) is 0 Å². The quantitative estimate of drug-likeness (QED) is 0.758. The average Bonchev–Trinajstić information content (AvgIpc) is 3.04. The van der Waals surface area contributed by atoms with Crippen molar-refractivity contribution < 1.29 is 24.8 Å². The van der Waals surface area contributed by atoms with Crippen molar-refractivity contribution >= 4 is 0 Å². The molecule has 2 aromatic rings. The lowest BCUT2D eigenvalue weighted by molar-refractivity contribution is -0.362. The van der Waals surface area contributed by atoms with Crippen LogP contribution in [0.3, 0.4) is 0 Å². The van der Waals surface area contributed by atoms with E-state index in [4.69, 9.17) is 9.47 Å². The Kier molecular flexibility index (Phi) is 5.06. The summed E-state index contributed by atoms with van der Waals surface area (Å²) >= 11 is 0. The minimum absolute atomic E-state index is 0.297. The number of aliphatic hydroxyl groups is 3. The first kappa shape index (κ1) is 19.6. The Hall–Kier alpha value is -1.76. The summed E-state index contributed by atoms with van der Waals surface area (Å²) in [5, 5.41) is 31.0. The molecule has 5 atom stereocenters. The van der Waals surface area contributed by atoms with Crippen molar-refractivity contribution in [3.63, 3.8) is 0 Å². The van der Waals surface area contributed by atoms with E-state index in [0.29, 0.717) is 12.5 Å². The summed E-state index contributed by atoms with van der Waals surface area (Å²) in [6, 6.07) is 14.6. The van der Waals surface area contributed by atoms with Gasteiger partial charge in [-0.15, -0.1) is 0 Å². The molecule has 0 unspecified atom stereocenters. The van der Waals surface area contributed by atoms with Gasteiger partial charge in [0.1, 0.15) is 18.3 Å². The van der Waals surface area contributed by atoms with Crippen LogP contribution in [-0.2, 0) is 28.3 Å². The van der Waals surface area contributed by atoms with Crippen LogP contribution in [0.5, 0.6) is 0 Å². The molecule has 28 heavy (non-hydrogen) atoms. The van der Waals surface area contributed by atoms with Gasteiger partial charge in [-0.1, -0.05) is 50.2 Å². The van der Waals surface area contributed by atoms with Crippen LogP contribution in [0, 0.1) is 0 Å². The lowest BCUT2D eigenvalue weighted by Crippen LogP contribution is -2.62. The van der Waals surface area contributed by atoms with E-state index in [0.717, 1.165) is 23.1 Å². The van der Waals surface area contributed by atoms with Crippen LogP contribution in [0.1, 0.15) is 54.5 Å². The van der Waals surface area contributed by atoms with Gasteiger partial charge in [0, 0.05) is 5.56 Å². The largest absolute Gasteiger partial charge is 0.388 e. The highest BCUT2D eigenvalue weighted by atomic mass is 16.7. The number of hydrogen-bond donors (Lipinski definition) is 3. The third-order valence-electron chi connectivity index (χ3n) is 5.95. The molecule has 0 bridgehead atoms. The predicted octanol–water partition coefficient (Wildman–Crippen LogP) is 2.59. The van der Waals surface area contributed by atoms with Crippen molar-refractivity contribution in [1.82, 2.24) is 0 Å². The predicted molar refractivity (Wildman–Crippen MR) is 105 cm³/mol. The smallest absolute Gasteiger partial charge is 0.225 e. The van der Waals surface area contributed by atoms with E-state index in [-0.39, 0.29) is 0 Å². The standard InChI is InChI=1S/C23H28O5/c1-13(2)17-7-4-15(5-8-17)10-16-6-9-18-12-27-23(19(18)11-16)22(26)21(25)20(24)14(3)28-23/h4-9,11,13-14,20-22,24-26H,10,12H2,1-3H3/t14-,20-,21+,22-,23+/m1/s1. The van der Waals surface area contributed by atoms with Gasteiger partial charge in [-0.25, -0.2) is 0 Å². The molecule has 2 heterocycles. The monoisotopic (exact) mass is 384 g/mol. The first-order chi connectivity index (χ1) is 13.3. The summed E-state index contributed by atoms with van der Waals surface area (Å²) in [5.41, 5.74) is 5.24. The fourth-order valence-electron chi connectivity index (χ4n) is 4.15. The Balaban J connectivity index is 1.64.